The van der Waals surface area contributed by atoms with E-state index >= 15 is 0 Å². The molecule has 146 valence electrons. The van der Waals surface area contributed by atoms with Crippen molar-refractivity contribution in [2.75, 3.05) is 13.4 Å². The van der Waals surface area contributed by atoms with Crippen LogP contribution in [-0.2, 0) is 16.9 Å². The zero-order valence-electron chi connectivity index (χ0n) is 15.8. The number of sulfone groups is 1. The summed E-state index contributed by atoms with van der Waals surface area (Å²) in [5.74, 6) is 0.960. The third kappa shape index (κ3) is 4.23. The highest BCUT2D eigenvalue weighted by atomic mass is 32.2. The summed E-state index contributed by atoms with van der Waals surface area (Å²) in [7, 11) is 0.0202. The molecule has 2 aromatic carbocycles. The van der Waals surface area contributed by atoms with Crippen molar-refractivity contribution in [3.05, 3.63) is 77.9 Å². The number of hydrogen-bond acceptors (Lipinski definition) is 5. The van der Waals surface area contributed by atoms with Crippen molar-refractivity contribution in [2.24, 2.45) is 7.05 Å². The molecule has 0 aliphatic heterocycles. The van der Waals surface area contributed by atoms with E-state index in [1.165, 1.54) is 12.1 Å². The molecule has 0 aliphatic carbocycles. The molecule has 28 heavy (non-hydrogen) atoms. The van der Waals surface area contributed by atoms with Gasteiger partial charge in [-0.2, -0.15) is 0 Å². The summed E-state index contributed by atoms with van der Waals surface area (Å²) in [6.07, 6.45) is 4.56. The van der Waals surface area contributed by atoms with Crippen molar-refractivity contribution < 1.29 is 17.9 Å². The highest BCUT2D eigenvalue weighted by molar-refractivity contribution is 7.90. The minimum atomic E-state index is -3.41. The molecule has 3 aromatic rings. The Kier molecular flexibility index (Phi) is 5.51. The lowest BCUT2D eigenvalue weighted by Gasteiger charge is -2.19. The van der Waals surface area contributed by atoms with Gasteiger partial charge < -0.3 is 14.6 Å². The largest absolute Gasteiger partial charge is 0.497 e. The standard InChI is InChI=1S/C20H21N3O4S/c1-23-12-11-21-19(23)18(14-7-9-16(27-2)10-8-14)22-20(24)15-5-4-6-17(13-15)28(3,25)26/h4-13,18H,1-3H3,(H,22,24). The summed E-state index contributed by atoms with van der Waals surface area (Å²) >= 11 is 0. The van der Waals surface area contributed by atoms with Crippen LogP contribution in [0, 0.1) is 0 Å². The molecule has 7 nitrogen and oxygen atoms in total. The molecule has 1 amide bonds. The number of nitrogens with zero attached hydrogens (tertiary/aromatic N) is 2. The summed E-state index contributed by atoms with van der Waals surface area (Å²) in [6, 6.07) is 12.8. The molecule has 1 atom stereocenters. The molecular formula is C20H21N3O4S. The highest BCUT2D eigenvalue weighted by Gasteiger charge is 2.22. The number of rotatable bonds is 6. The predicted molar refractivity (Wildman–Crippen MR) is 105 cm³/mol. The molecule has 0 fully saturated rings. The average Bonchev–Trinajstić information content (AvgIpc) is 3.11. The number of ether oxygens (including phenoxy) is 1. The van der Waals surface area contributed by atoms with Gasteiger partial charge in [-0.1, -0.05) is 18.2 Å². The lowest BCUT2D eigenvalue weighted by Crippen LogP contribution is -2.31. The molecule has 3 rings (SSSR count). The lowest BCUT2D eigenvalue weighted by atomic mass is 10.0. The first-order valence-corrected chi connectivity index (χ1v) is 10.4. The number of nitrogens with one attached hydrogen (secondary N) is 1. The fourth-order valence-electron chi connectivity index (χ4n) is 2.83. The molecule has 8 heteroatoms. The molecule has 1 heterocycles. The van der Waals surface area contributed by atoms with Crippen molar-refractivity contribution in [1.29, 1.82) is 0 Å². The van der Waals surface area contributed by atoms with Gasteiger partial charge >= 0.3 is 0 Å². The molecular weight excluding hydrogens is 378 g/mol. The summed E-state index contributed by atoms with van der Waals surface area (Å²) < 4.78 is 30.6. The van der Waals surface area contributed by atoms with Gasteiger partial charge in [0.2, 0.25) is 0 Å². The van der Waals surface area contributed by atoms with Crippen molar-refractivity contribution in [1.82, 2.24) is 14.9 Å². The Bertz CT molecular complexity index is 1090. The first-order valence-electron chi connectivity index (χ1n) is 8.52. The fourth-order valence-corrected chi connectivity index (χ4v) is 3.50. The topological polar surface area (TPSA) is 90.3 Å². The van der Waals surface area contributed by atoms with Crippen LogP contribution in [0.4, 0.5) is 0 Å². The van der Waals surface area contributed by atoms with E-state index in [1.54, 1.807) is 31.6 Å². The van der Waals surface area contributed by atoms with Crippen LogP contribution in [0.25, 0.3) is 0 Å². The van der Waals surface area contributed by atoms with E-state index in [0.29, 0.717) is 11.6 Å². The fraction of sp³-hybridized carbons (Fsp3) is 0.200. The van der Waals surface area contributed by atoms with E-state index in [9.17, 15) is 13.2 Å². The molecule has 0 radical (unpaired) electrons. The Labute approximate surface area is 163 Å². The van der Waals surface area contributed by atoms with Crippen LogP contribution in [0.1, 0.15) is 27.8 Å². The maximum absolute atomic E-state index is 12.9. The molecule has 0 saturated carbocycles. The van der Waals surface area contributed by atoms with Gasteiger partial charge in [0.25, 0.3) is 5.91 Å². The monoisotopic (exact) mass is 399 g/mol. The second-order valence-corrected chi connectivity index (χ2v) is 8.39. The smallest absolute Gasteiger partial charge is 0.252 e. The van der Waals surface area contributed by atoms with Crippen molar-refractivity contribution in [3.8, 4) is 5.75 Å². The van der Waals surface area contributed by atoms with E-state index in [0.717, 1.165) is 11.8 Å². The van der Waals surface area contributed by atoms with E-state index in [2.05, 4.69) is 10.3 Å². The number of hydrogen-bond donors (Lipinski definition) is 1. The number of methoxy groups -OCH3 is 1. The highest BCUT2D eigenvalue weighted by Crippen LogP contribution is 2.24. The van der Waals surface area contributed by atoms with Crippen LogP contribution in [0.5, 0.6) is 5.75 Å². The van der Waals surface area contributed by atoms with Crippen LogP contribution in [0.15, 0.2) is 65.8 Å². The summed E-state index contributed by atoms with van der Waals surface area (Å²) in [5, 5.41) is 2.95. The molecule has 1 unspecified atom stereocenters. The molecule has 0 saturated heterocycles. The Morgan fingerprint density at radius 2 is 1.89 bits per heavy atom. The predicted octanol–water partition coefficient (Wildman–Crippen LogP) is 2.35. The van der Waals surface area contributed by atoms with Gasteiger partial charge in [0, 0.05) is 31.3 Å². The van der Waals surface area contributed by atoms with Gasteiger partial charge in [-0.15, -0.1) is 0 Å². The van der Waals surface area contributed by atoms with Gasteiger partial charge in [-0.25, -0.2) is 13.4 Å². The number of amides is 1. The van der Waals surface area contributed by atoms with Crippen LogP contribution in [0.3, 0.4) is 0 Å². The van der Waals surface area contributed by atoms with Gasteiger partial charge in [0.1, 0.15) is 17.6 Å². The minimum absolute atomic E-state index is 0.0955. The molecule has 0 bridgehead atoms. The Hall–Kier alpha value is -3.13. The Morgan fingerprint density at radius 3 is 2.46 bits per heavy atom. The lowest BCUT2D eigenvalue weighted by molar-refractivity contribution is 0.0941. The molecule has 1 N–H and O–H groups in total. The Morgan fingerprint density at radius 1 is 1.18 bits per heavy atom. The van der Waals surface area contributed by atoms with Gasteiger partial charge in [0.05, 0.1) is 12.0 Å². The van der Waals surface area contributed by atoms with Gasteiger partial charge in [-0.3, -0.25) is 4.79 Å². The van der Waals surface area contributed by atoms with Gasteiger partial charge in [0.15, 0.2) is 9.84 Å². The third-order valence-electron chi connectivity index (χ3n) is 4.37. The van der Waals surface area contributed by atoms with Crippen LogP contribution in [-0.4, -0.2) is 37.2 Å². The number of carbonyl (C=O) groups is 1. The summed E-state index contributed by atoms with van der Waals surface area (Å²) in [5.41, 5.74) is 1.08. The second-order valence-electron chi connectivity index (χ2n) is 6.38. The molecule has 0 aliphatic rings. The van der Waals surface area contributed by atoms with Crippen molar-refractivity contribution >= 4 is 15.7 Å². The van der Waals surface area contributed by atoms with Crippen LogP contribution < -0.4 is 10.1 Å². The van der Waals surface area contributed by atoms with Crippen LogP contribution in [0.2, 0.25) is 0 Å². The number of aromatic nitrogens is 2. The average molecular weight is 399 g/mol. The second kappa shape index (κ2) is 7.85. The summed E-state index contributed by atoms with van der Waals surface area (Å²) in [6.45, 7) is 0. The summed E-state index contributed by atoms with van der Waals surface area (Å²) in [4.78, 5) is 17.3. The maximum atomic E-state index is 12.9. The zero-order chi connectivity index (χ0) is 20.3. The SMILES string of the molecule is COc1ccc(C(NC(=O)c2cccc(S(C)(=O)=O)c2)c2nccn2C)cc1. The number of benzene rings is 2. The van der Waals surface area contributed by atoms with E-state index in [4.69, 9.17) is 4.74 Å². The minimum Gasteiger partial charge on any atom is -0.497 e. The van der Waals surface area contributed by atoms with E-state index in [-0.39, 0.29) is 10.5 Å². The van der Waals surface area contributed by atoms with Crippen molar-refractivity contribution in [2.45, 2.75) is 10.9 Å². The maximum Gasteiger partial charge on any atom is 0.252 e. The molecule has 1 aromatic heterocycles. The first kappa shape index (κ1) is 19.6. The van der Waals surface area contributed by atoms with Crippen molar-refractivity contribution in [3.63, 3.8) is 0 Å². The Balaban J connectivity index is 1.96. The van der Waals surface area contributed by atoms with E-state index in [1.807, 2.05) is 35.9 Å². The third-order valence-corrected chi connectivity index (χ3v) is 5.48. The first-order chi connectivity index (χ1) is 13.3. The number of imidazole rings is 1. The number of aryl methyl sites for hydroxylation is 1. The van der Waals surface area contributed by atoms with Crippen LogP contribution >= 0.6 is 0 Å². The number of carbonyl (C=O) groups excluding carboxylic acids is 1. The van der Waals surface area contributed by atoms with E-state index < -0.39 is 21.8 Å². The normalized spacial score (nSPS) is 12.4. The van der Waals surface area contributed by atoms with Gasteiger partial charge in [-0.05, 0) is 35.9 Å². The quantitative estimate of drug-likeness (QED) is 0.687. The molecule has 0 spiro atoms. The zero-order valence-corrected chi connectivity index (χ0v) is 16.6.